The smallest absolute Gasteiger partial charge is 0.339 e. The molecule has 0 fully saturated rings. The van der Waals surface area contributed by atoms with Crippen LogP contribution in [-0.4, -0.2) is 28.6 Å². The molecule has 4 nitrogen and oxygen atoms in total. The van der Waals surface area contributed by atoms with E-state index in [1.807, 2.05) is 18.7 Å². The number of rotatable bonds is 5. The minimum atomic E-state index is -0.960. The molecule has 0 saturated carbocycles. The summed E-state index contributed by atoms with van der Waals surface area (Å²) in [6.07, 6.45) is 3.33. The second kappa shape index (κ2) is 5.30. The van der Waals surface area contributed by atoms with Crippen LogP contribution in [-0.2, 0) is 0 Å². The van der Waals surface area contributed by atoms with Gasteiger partial charge in [0.25, 0.3) is 0 Å². The molecule has 86 valence electrons. The number of carbonyl (C=O) groups is 1. The summed E-state index contributed by atoms with van der Waals surface area (Å²) in [5.74, 6) is -0.470. The van der Waals surface area contributed by atoms with Crippen LogP contribution in [0.5, 0.6) is 0 Å². The number of pyridine rings is 1. The van der Waals surface area contributed by atoms with Crippen LogP contribution in [0.25, 0.3) is 0 Å². The molecule has 0 saturated heterocycles. The van der Waals surface area contributed by atoms with Crippen LogP contribution >= 0.6 is 0 Å². The summed E-state index contributed by atoms with van der Waals surface area (Å²) in [5, 5.41) is 9.07. The first-order valence-corrected chi connectivity index (χ1v) is 5.13. The summed E-state index contributed by atoms with van der Waals surface area (Å²) in [6.45, 7) is 8.22. The molecule has 0 aliphatic carbocycles. The van der Waals surface area contributed by atoms with E-state index >= 15 is 0 Å². The van der Waals surface area contributed by atoms with Gasteiger partial charge in [0.15, 0.2) is 0 Å². The lowest BCUT2D eigenvalue weighted by molar-refractivity contribution is 0.0697. The summed E-state index contributed by atoms with van der Waals surface area (Å²) >= 11 is 0. The van der Waals surface area contributed by atoms with E-state index in [1.165, 1.54) is 0 Å². The van der Waals surface area contributed by atoms with E-state index in [4.69, 9.17) is 5.11 Å². The molecule has 0 atom stereocenters. The van der Waals surface area contributed by atoms with Gasteiger partial charge in [-0.05, 0) is 26.0 Å². The molecule has 0 amide bonds. The molecule has 0 unspecified atom stereocenters. The van der Waals surface area contributed by atoms with Gasteiger partial charge >= 0.3 is 5.97 Å². The van der Waals surface area contributed by atoms with Crippen molar-refractivity contribution in [2.45, 2.75) is 19.9 Å². The van der Waals surface area contributed by atoms with Crippen molar-refractivity contribution >= 4 is 11.8 Å². The Balaban J connectivity index is 3.17. The number of hydrogen-bond donors (Lipinski definition) is 1. The van der Waals surface area contributed by atoms with Crippen molar-refractivity contribution in [3.63, 3.8) is 0 Å². The van der Waals surface area contributed by atoms with Gasteiger partial charge in [0.2, 0.25) is 0 Å². The fourth-order valence-electron chi connectivity index (χ4n) is 1.47. The molecule has 4 heteroatoms. The van der Waals surface area contributed by atoms with Gasteiger partial charge < -0.3 is 10.0 Å². The first-order chi connectivity index (χ1) is 7.57. The Bertz CT molecular complexity index is 388. The molecule has 1 heterocycles. The number of hydrogen-bond acceptors (Lipinski definition) is 3. The van der Waals surface area contributed by atoms with Crippen LogP contribution in [0.1, 0.15) is 24.2 Å². The number of aromatic nitrogens is 1. The van der Waals surface area contributed by atoms with Gasteiger partial charge in [-0.1, -0.05) is 6.08 Å². The Hall–Kier alpha value is -1.84. The third-order valence-electron chi connectivity index (χ3n) is 2.24. The van der Waals surface area contributed by atoms with Crippen LogP contribution in [0.15, 0.2) is 31.0 Å². The van der Waals surface area contributed by atoms with E-state index in [-0.39, 0.29) is 11.6 Å². The maximum atomic E-state index is 11.1. The van der Waals surface area contributed by atoms with Gasteiger partial charge in [0.1, 0.15) is 11.4 Å². The highest BCUT2D eigenvalue weighted by Gasteiger charge is 2.18. The molecule has 0 aliphatic rings. The van der Waals surface area contributed by atoms with Crippen LogP contribution in [0.2, 0.25) is 0 Å². The van der Waals surface area contributed by atoms with E-state index in [9.17, 15) is 4.79 Å². The average Bonchev–Trinajstić information content (AvgIpc) is 2.25. The van der Waals surface area contributed by atoms with Crippen molar-refractivity contribution in [1.82, 2.24) is 4.98 Å². The average molecular weight is 220 g/mol. The van der Waals surface area contributed by atoms with E-state index in [0.717, 1.165) is 0 Å². The highest BCUT2D eigenvalue weighted by Crippen LogP contribution is 2.19. The molecule has 0 bridgehead atoms. The second-order valence-corrected chi connectivity index (χ2v) is 3.71. The van der Waals surface area contributed by atoms with Gasteiger partial charge in [0.05, 0.1) is 0 Å². The predicted molar refractivity (Wildman–Crippen MR) is 63.9 cm³/mol. The van der Waals surface area contributed by atoms with Crippen molar-refractivity contribution in [3.8, 4) is 0 Å². The molecule has 1 aromatic rings. The molecule has 0 aliphatic heterocycles. The molecule has 1 aromatic heterocycles. The Labute approximate surface area is 95.2 Å². The lowest BCUT2D eigenvalue weighted by atomic mass is 10.2. The van der Waals surface area contributed by atoms with Crippen molar-refractivity contribution in [2.24, 2.45) is 0 Å². The highest BCUT2D eigenvalue weighted by molar-refractivity contribution is 5.93. The van der Waals surface area contributed by atoms with Crippen molar-refractivity contribution < 1.29 is 9.90 Å². The van der Waals surface area contributed by atoms with Crippen LogP contribution in [0, 0.1) is 0 Å². The van der Waals surface area contributed by atoms with E-state index in [2.05, 4.69) is 11.6 Å². The topological polar surface area (TPSA) is 53.4 Å². The summed E-state index contributed by atoms with van der Waals surface area (Å²) in [4.78, 5) is 17.1. The zero-order valence-corrected chi connectivity index (χ0v) is 9.55. The Kier molecular flexibility index (Phi) is 4.05. The number of carboxylic acid groups (broad SMARTS) is 1. The molecule has 0 aromatic carbocycles. The van der Waals surface area contributed by atoms with Gasteiger partial charge in [-0.3, -0.25) is 0 Å². The van der Waals surface area contributed by atoms with Crippen LogP contribution < -0.4 is 4.90 Å². The quantitative estimate of drug-likeness (QED) is 0.773. The molecular formula is C12H16N2O2. The number of carboxylic acids is 1. The zero-order chi connectivity index (χ0) is 12.1. The first-order valence-electron chi connectivity index (χ1n) is 5.13. The van der Waals surface area contributed by atoms with Gasteiger partial charge in [-0.15, -0.1) is 6.58 Å². The fraction of sp³-hybridized carbons (Fsp3) is 0.333. The number of aromatic carboxylic acids is 1. The number of nitrogens with zero attached hydrogens (tertiary/aromatic N) is 2. The minimum absolute atomic E-state index is 0.172. The standard InChI is InChI=1S/C12H16N2O2/c1-4-8-14(9(2)3)11-10(12(15)16)6-5-7-13-11/h4-7,9H,1,8H2,2-3H3,(H,15,16). The molecule has 0 radical (unpaired) electrons. The van der Waals surface area contributed by atoms with Crippen molar-refractivity contribution in [2.75, 3.05) is 11.4 Å². The molecule has 16 heavy (non-hydrogen) atoms. The van der Waals surface area contributed by atoms with Gasteiger partial charge in [-0.2, -0.15) is 0 Å². The highest BCUT2D eigenvalue weighted by atomic mass is 16.4. The molecule has 1 rings (SSSR count). The van der Waals surface area contributed by atoms with E-state index < -0.39 is 5.97 Å². The van der Waals surface area contributed by atoms with Gasteiger partial charge in [-0.25, -0.2) is 9.78 Å². The van der Waals surface area contributed by atoms with E-state index in [1.54, 1.807) is 24.4 Å². The van der Waals surface area contributed by atoms with Crippen molar-refractivity contribution in [3.05, 3.63) is 36.5 Å². The van der Waals surface area contributed by atoms with E-state index in [0.29, 0.717) is 12.4 Å². The summed E-state index contributed by atoms with van der Waals surface area (Å²) in [5.41, 5.74) is 0.220. The van der Waals surface area contributed by atoms with Crippen LogP contribution in [0.4, 0.5) is 5.82 Å². The minimum Gasteiger partial charge on any atom is -0.478 e. The summed E-state index contributed by atoms with van der Waals surface area (Å²) in [7, 11) is 0. The number of anilines is 1. The second-order valence-electron chi connectivity index (χ2n) is 3.71. The summed E-state index contributed by atoms with van der Waals surface area (Å²) < 4.78 is 0. The normalized spacial score (nSPS) is 10.2. The van der Waals surface area contributed by atoms with Crippen LogP contribution in [0.3, 0.4) is 0 Å². The first kappa shape index (κ1) is 12.2. The largest absolute Gasteiger partial charge is 0.478 e. The molecule has 0 spiro atoms. The Morgan fingerprint density at radius 3 is 2.88 bits per heavy atom. The maximum Gasteiger partial charge on any atom is 0.339 e. The predicted octanol–water partition coefficient (Wildman–Crippen LogP) is 2.18. The third kappa shape index (κ3) is 2.59. The molecular weight excluding hydrogens is 204 g/mol. The maximum absolute atomic E-state index is 11.1. The molecule has 1 N–H and O–H groups in total. The Morgan fingerprint density at radius 1 is 1.69 bits per heavy atom. The Morgan fingerprint density at radius 2 is 2.38 bits per heavy atom. The van der Waals surface area contributed by atoms with Gasteiger partial charge in [0, 0.05) is 18.8 Å². The monoisotopic (exact) mass is 220 g/mol. The summed E-state index contributed by atoms with van der Waals surface area (Å²) in [6, 6.07) is 3.36. The lowest BCUT2D eigenvalue weighted by Crippen LogP contribution is -2.33. The van der Waals surface area contributed by atoms with Crippen molar-refractivity contribution in [1.29, 1.82) is 0 Å². The fourth-order valence-corrected chi connectivity index (χ4v) is 1.47. The lowest BCUT2D eigenvalue weighted by Gasteiger charge is -2.27. The zero-order valence-electron chi connectivity index (χ0n) is 9.55. The third-order valence-corrected chi connectivity index (χ3v) is 2.24. The SMILES string of the molecule is C=CCN(c1ncccc1C(=O)O)C(C)C.